The first-order valence-electron chi connectivity index (χ1n) is 6.58. The fourth-order valence-corrected chi connectivity index (χ4v) is 1.99. The zero-order valence-electron chi connectivity index (χ0n) is 12.0. The molecule has 0 spiro atoms. The number of aryl methyl sites for hydroxylation is 1. The molecule has 1 aromatic heterocycles. The maximum Gasteiger partial charge on any atom is 0.122 e. The second-order valence-electron chi connectivity index (χ2n) is 4.52. The standard InChI is InChI=1S/C14H25N3O/c1-5-7-17(8-6-15-3)11-13-10-14(18-4)9-12(2)16-13/h9-10,15H,5-8,11H2,1-4H3. The minimum atomic E-state index is 0.882. The molecule has 0 amide bonds. The van der Waals surface area contributed by atoms with Gasteiger partial charge in [0.1, 0.15) is 5.75 Å². The lowest BCUT2D eigenvalue weighted by Gasteiger charge is -2.21. The largest absolute Gasteiger partial charge is 0.497 e. The van der Waals surface area contributed by atoms with Gasteiger partial charge in [-0.15, -0.1) is 0 Å². The van der Waals surface area contributed by atoms with Gasteiger partial charge in [-0.3, -0.25) is 9.88 Å². The Hall–Kier alpha value is -1.13. The quantitative estimate of drug-likeness (QED) is 0.765. The lowest BCUT2D eigenvalue weighted by Crippen LogP contribution is -2.31. The Bertz CT molecular complexity index is 355. The second-order valence-corrected chi connectivity index (χ2v) is 4.52. The second kappa shape index (κ2) is 8.06. The van der Waals surface area contributed by atoms with E-state index in [0.29, 0.717) is 0 Å². The van der Waals surface area contributed by atoms with Gasteiger partial charge in [-0.05, 0) is 26.9 Å². The van der Waals surface area contributed by atoms with Crippen molar-refractivity contribution in [2.75, 3.05) is 33.8 Å². The van der Waals surface area contributed by atoms with Gasteiger partial charge < -0.3 is 10.1 Å². The van der Waals surface area contributed by atoms with Crippen molar-refractivity contribution in [1.29, 1.82) is 0 Å². The molecule has 0 radical (unpaired) electrons. The molecule has 0 aliphatic heterocycles. The summed E-state index contributed by atoms with van der Waals surface area (Å²) in [5.41, 5.74) is 2.09. The molecular weight excluding hydrogens is 226 g/mol. The predicted molar refractivity (Wildman–Crippen MR) is 75.0 cm³/mol. The lowest BCUT2D eigenvalue weighted by molar-refractivity contribution is 0.264. The maximum atomic E-state index is 5.29. The molecular formula is C14H25N3O. The van der Waals surface area contributed by atoms with Gasteiger partial charge in [0, 0.05) is 37.5 Å². The van der Waals surface area contributed by atoms with Gasteiger partial charge in [-0.1, -0.05) is 6.92 Å². The number of nitrogens with zero attached hydrogens (tertiary/aromatic N) is 2. The van der Waals surface area contributed by atoms with E-state index in [9.17, 15) is 0 Å². The highest BCUT2D eigenvalue weighted by atomic mass is 16.5. The van der Waals surface area contributed by atoms with Crippen LogP contribution in [0.5, 0.6) is 5.75 Å². The highest BCUT2D eigenvalue weighted by Gasteiger charge is 2.07. The molecule has 18 heavy (non-hydrogen) atoms. The van der Waals surface area contributed by atoms with Crippen molar-refractivity contribution in [1.82, 2.24) is 15.2 Å². The van der Waals surface area contributed by atoms with Crippen LogP contribution in [0.2, 0.25) is 0 Å². The molecule has 1 N–H and O–H groups in total. The number of nitrogens with one attached hydrogen (secondary N) is 1. The molecule has 1 rings (SSSR count). The number of likely N-dealkylation sites (N-methyl/N-ethyl adjacent to an activating group) is 1. The van der Waals surface area contributed by atoms with Crippen LogP contribution < -0.4 is 10.1 Å². The zero-order chi connectivity index (χ0) is 13.4. The van der Waals surface area contributed by atoms with Crippen LogP contribution in [-0.2, 0) is 6.54 Å². The Morgan fingerprint density at radius 3 is 2.72 bits per heavy atom. The first-order chi connectivity index (χ1) is 8.69. The summed E-state index contributed by atoms with van der Waals surface area (Å²) in [5, 5.41) is 3.19. The molecule has 1 aromatic rings. The monoisotopic (exact) mass is 251 g/mol. The van der Waals surface area contributed by atoms with Crippen molar-refractivity contribution < 1.29 is 4.74 Å². The highest BCUT2D eigenvalue weighted by molar-refractivity contribution is 5.26. The minimum absolute atomic E-state index is 0.882. The van der Waals surface area contributed by atoms with E-state index in [4.69, 9.17) is 4.74 Å². The minimum Gasteiger partial charge on any atom is -0.497 e. The molecule has 0 aliphatic carbocycles. The Kier molecular flexibility index (Phi) is 6.68. The average molecular weight is 251 g/mol. The third-order valence-electron chi connectivity index (χ3n) is 2.82. The molecule has 4 nitrogen and oxygen atoms in total. The van der Waals surface area contributed by atoms with Gasteiger partial charge in [-0.2, -0.15) is 0 Å². The summed E-state index contributed by atoms with van der Waals surface area (Å²) in [5.74, 6) is 0.891. The van der Waals surface area contributed by atoms with Gasteiger partial charge in [0.15, 0.2) is 0 Å². The molecule has 0 fully saturated rings. The van der Waals surface area contributed by atoms with Crippen LogP contribution in [-0.4, -0.2) is 43.7 Å². The van der Waals surface area contributed by atoms with Crippen molar-refractivity contribution >= 4 is 0 Å². The van der Waals surface area contributed by atoms with Crippen molar-refractivity contribution in [3.8, 4) is 5.75 Å². The third kappa shape index (κ3) is 5.02. The number of rotatable bonds is 8. The van der Waals surface area contributed by atoms with Crippen LogP contribution in [0.15, 0.2) is 12.1 Å². The Morgan fingerprint density at radius 1 is 1.33 bits per heavy atom. The number of hydrogen-bond donors (Lipinski definition) is 1. The SMILES string of the molecule is CCCN(CCNC)Cc1cc(OC)cc(C)n1. The van der Waals surface area contributed by atoms with E-state index in [0.717, 1.165) is 49.7 Å². The van der Waals surface area contributed by atoms with Crippen LogP contribution >= 0.6 is 0 Å². The number of hydrogen-bond acceptors (Lipinski definition) is 4. The molecule has 0 saturated heterocycles. The third-order valence-corrected chi connectivity index (χ3v) is 2.82. The highest BCUT2D eigenvalue weighted by Crippen LogP contribution is 2.14. The van der Waals surface area contributed by atoms with Gasteiger partial charge in [0.2, 0.25) is 0 Å². The van der Waals surface area contributed by atoms with Gasteiger partial charge in [-0.25, -0.2) is 0 Å². The number of aromatic nitrogens is 1. The number of pyridine rings is 1. The van der Waals surface area contributed by atoms with Crippen molar-refractivity contribution in [3.63, 3.8) is 0 Å². The van der Waals surface area contributed by atoms with Gasteiger partial charge >= 0.3 is 0 Å². The Morgan fingerprint density at radius 2 is 2.11 bits per heavy atom. The zero-order valence-corrected chi connectivity index (χ0v) is 12.0. The van der Waals surface area contributed by atoms with Crippen molar-refractivity contribution in [3.05, 3.63) is 23.5 Å². The molecule has 0 aromatic carbocycles. The molecule has 0 unspecified atom stereocenters. The molecule has 102 valence electrons. The normalized spacial score (nSPS) is 10.9. The van der Waals surface area contributed by atoms with Crippen LogP contribution in [0.3, 0.4) is 0 Å². The summed E-state index contributed by atoms with van der Waals surface area (Å²) in [6.07, 6.45) is 1.16. The van der Waals surface area contributed by atoms with Crippen molar-refractivity contribution in [2.45, 2.75) is 26.8 Å². The molecule has 0 bridgehead atoms. The van der Waals surface area contributed by atoms with Crippen LogP contribution in [0.4, 0.5) is 0 Å². The summed E-state index contributed by atoms with van der Waals surface area (Å²) in [6, 6.07) is 3.98. The summed E-state index contributed by atoms with van der Waals surface area (Å²) in [4.78, 5) is 6.98. The fraction of sp³-hybridized carbons (Fsp3) is 0.643. The van der Waals surface area contributed by atoms with E-state index in [1.807, 2.05) is 26.1 Å². The first kappa shape index (κ1) is 14.9. The van der Waals surface area contributed by atoms with Crippen LogP contribution in [0, 0.1) is 6.92 Å². The van der Waals surface area contributed by atoms with E-state index >= 15 is 0 Å². The average Bonchev–Trinajstić information content (AvgIpc) is 2.35. The number of ether oxygens (including phenoxy) is 1. The Balaban J connectivity index is 2.69. The molecule has 0 aliphatic rings. The van der Waals surface area contributed by atoms with E-state index in [1.165, 1.54) is 0 Å². The van der Waals surface area contributed by atoms with Gasteiger partial charge in [0.25, 0.3) is 0 Å². The van der Waals surface area contributed by atoms with E-state index < -0.39 is 0 Å². The fourth-order valence-electron chi connectivity index (χ4n) is 1.99. The topological polar surface area (TPSA) is 37.4 Å². The van der Waals surface area contributed by atoms with Crippen molar-refractivity contribution in [2.24, 2.45) is 0 Å². The van der Waals surface area contributed by atoms with Crippen LogP contribution in [0.25, 0.3) is 0 Å². The Labute approximate surface area is 110 Å². The first-order valence-corrected chi connectivity index (χ1v) is 6.58. The number of methoxy groups -OCH3 is 1. The molecule has 0 atom stereocenters. The van der Waals surface area contributed by atoms with Crippen LogP contribution in [0.1, 0.15) is 24.7 Å². The summed E-state index contributed by atoms with van der Waals surface area (Å²) in [6.45, 7) is 8.23. The summed E-state index contributed by atoms with van der Waals surface area (Å²) < 4.78 is 5.29. The maximum absolute atomic E-state index is 5.29. The summed E-state index contributed by atoms with van der Waals surface area (Å²) in [7, 11) is 3.68. The van der Waals surface area contributed by atoms with E-state index in [-0.39, 0.29) is 0 Å². The van der Waals surface area contributed by atoms with Gasteiger partial charge in [0.05, 0.1) is 12.8 Å². The smallest absolute Gasteiger partial charge is 0.122 e. The van der Waals surface area contributed by atoms with E-state index in [1.54, 1.807) is 7.11 Å². The predicted octanol–water partition coefficient (Wildman–Crippen LogP) is 1.83. The molecule has 0 saturated carbocycles. The lowest BCUT2D eigenvalue weighted by atomic mass is 10.2. The molecule has 4 heteroatoms. The molecule has 1 heterocycles. The van der Waals surface area contributed by atoms with E-state index in [2.05, 4.69) is 22.1 Å². The summed E-state index contributed by atoms with van der Waals surface area (Å²) >= 11 is 0.